The van der Waals surface area contributed by atoms with Gasteiger partial charge in [-0.05, 0) is 24.8 Å². The number of aliphatic imine (C=N–C) groups is 1. The van der Waals surface area contributed by atoms with Crippen LogP contribution in [0.15, 0.2) is 22.5 Å². The Balaban J connectivity index is 2.19. The first-order valence-electron chi connectivity index (χ1n) is 7.30. The van der Waals surface area contributed by atoms with Crippen LogP contribution in [-0.2, 0) is 9.53 Å². The van der Waals surface area contributed by atoms with Crippen molar-refractivity contribution in [3.63, 3.8) is 0 Å². The van der Waals surface area contributed by atoms with E-state index in [9.17, 15) is 4.79 Å². The van der Waals surface area contributed by atoms with Crippen molar-refractivity contribution < 1.29 is 9.53 Å². The highest BCUT2D eigenvalue weighted by Crippen LogP contribution is 2.19. The molecule has 0 aliphatic carbocycles. The van der Waals surface area contributed by atoms with Gasteiger partial charge in [0.05, 0.1) is 6.61 Å². The van der Waals surface area contributed by atoms with Crippen LogP contribution >= 0.6 is 11.3 Å². The first-order valence-corrected chi connectivity index (χ1v) is 8.18. The van der Waals surface area contributed by atoms with Gasteiger partial charge in [0.1, 0.15) is 0 Å². The van der Waals surface area contributed by atoms with Crippen LogP contribution < -0.4 is 10.6 Å². The Bertz CT molecular complexity index is 432. The highest BCUT2D eigenvalue weighted by atomic mass is 32.1. The molecule has 1 rings (SSSR count). The molecule has 1 aromatic rings. The van der Waals surface area contributed by atoms with E-state index in [-0.39, 0.29) is 5.97 Å². The number of ether oxygens (including phenoxy) is 1. The smallest absolute Gasteiger partial charge is 0.305 e. The van der Waals surface area contributed by atoms with Crippen molar-refractivity contribution in [3.05, 3.63) is 22.4 Å². The van der Waals surface area contributed by atoms with E-state index < -0.39 is 0 Å². The molecule has 1 heterocycles. The van der Waals surface area contributed by atoms with E-state index in [1.165, 1.54) is 4.88 Å². The zero-order valence-electron chi connectivity index (χ0n) is 13.0. The van der Waals surface area contributed by atoms with Crippen molar-refractivity contribution in [1.82, 2.24) is 10.6 Å². The van der Waals surface area contributed by atoms with Crippen LogP contribution in [0.1, 0.15) is 37.5 Å². The second kappa shape index (κ2) is 10.2. The van der Waals surface area contributed by atoms with Gasteiger partial charge in [-0.15, -0.1) is 11.3 Å². The predicted molar refractivity (Wildman–Crippen MR) is 88.0 cm³/mol. The number of esters is 1. The molecule has 0 aliphatic rings. The highest BCUT2D eigenvalue weighted by molar-refractivity contribution is 7.10. The topological polar surface area (TPSA) is 62.7 Å². The molecule has 0 spiro atoms. The van der Waals surface area contributed by atoms with E-state index in [1.807, 2.05) is 6.92 Å². The Morgan fingerprint density at radius 3 is 2.90 bits per heavy atom. The Morgan fingerprint density at radius 2 is 2.29 bits per heavy atom. The number of rotatable bonds is 8. The summed E-state index contributed by atoms with van der Waals surface area (Å²) in [4.78, 5) is 16.7. The molecule has 0 radical (unpaired) electrons. The summed E-state index contributed by atoms with van der Waals surface area (Å²) < 4.78 is 4.88. The molecule has 0 saturated carbocycles. The fraction of sp³-hybridized carbons (Fsp3) is 0.600. The molecule has 0 amide bonds. The van der Waals surface area contributed by atoms with Crippen molar-refractivity contribution in [2.24, 2.45) is 4.99 Å². The maximum atomic E-state index is 11.2. The minimum Gasteiger partial charge on any atom is -0.466 e. The molecule has 2 N–H and O–H groups in total. The largest absolute Gasteiger partial charge is 0.466 e. The third-order valence-corrected chi connectivity index (χ3v) is 4.09. The van der Waals surface area contributed by atoms with Crippen LogP contribution in [0.4, 0.5) is 0 Å². The Labute approximate surface area is 130 Å². The number of nitrogens with zero attached hydrogens (tertiary/aromatic N) is 1. The molecule has 5 nitrogen and oxygen atoms in total. The summed E-state index contributed by atoms with van der Waals surface area (Å²) in [5.41, 5.74) is 0. The normalized spacial score (nSPS) is 12.8. The van der Waals surface area contributed by atoms with Crippen molar-refractivity contribution in [1.29, 1.82) is 0 Å². The molecular formula is C15H25N3O2S. The lowest BCUT2D eigenvalue weighted by Crippen LogP contribution is -2.39. The van der Waals surface area contributed by atoms with Gasteiger partial charge in [0.2, 0.25) is 0 Å². The number of nitrogens with one attached hydrogen (secondary N) is 2. The molecule has 0 aliphatic heterocycles. The molecule has 1 aromatic heterocycles. The zero-order valence-corrected chi connectivity index (χ0v) is 13.8. The van der Waals surface area contributed by atoms with Crippen LogP contribution in [0, 0.1) is 0 Å². The van der Waals surface area contributed by atoms with E-state index in [0.717, 1.165) is 18.9 Å². The molecular weight excluding hydrogens is 286 g/mol. The van der Waals surface area contributed by atoms with Crippen LogP contribution in [0.5, 0.6) is 0 Å². The molecule has 0 bridgehead atoms. The van der Waals surface area contributed by atoms with Gasteiger partial charge in [0, 0.05) is 37.4 Å². The number of hydrogen-bond donors (Lipinski definition) is 2. The number of carbonyl (C=O) groups excluding carboxylic acids is 1. The second-order valence-electron chi connectivity index (χ2n) is 4.70. The molecule has 1 unspecified atom stereocenters. The van der Waals surface area contributed by atoms with E-state index in [4.69, 9.17) is 4.74 Å². The Hall–Kier alpha value is -1.56. The third-order valence-electron chi connectivity index (χ3n) is 2.98. The van der Waals surface area contributed by atoms with Gasteiger partial charge in [0.15, 0.2) is 5.96 Å². The van der Waals surface area contributed by atoms with Gasteiger partial charge in [-0.25, -0.2) is 0 Å². The van der Waals surface area contributed by atoms with E-state index in [2.05, 4.69) is 40.1 Å². The number of guanidine groups is 1. The molecule has 0 fully saturated rings. The summed E-state index contributed by atoms with van der Waals surface area (Å²) in [5, 5.41) is 8.59. The van der Waals surface area contributed by atoms with Gasteiger partial charge in [0.25, 0.3) is 0 Å². The monoisotopic (exact) mass is 311 g/mol. The van der Waals surface area contributed by atoms with Crippen molar-refractivity contribution in [2.45, 2.75) is 32.6 Å². The Morgan fingerprint density at radius 1 is 1.48 bits per heavy atom. The maximum absolute atomic E-state index is 11.2. The molecule has 0 aromatic carbocycles. The minimum atomic E-state index is -0.145. The third kappa shape index (κ3) is 7.13. The van der Waals surface area contributed by atoms with E-state index in [1.54, 1.807) is 18.4 Å². The first-order chi connectivity index (χ1) is 10.2. The van der Waals surface area contributed by atoms with Crippen molar-refractivity contribution in [2.75, 3.05) is 26.7 Å². The summed E-state index contributed by atoms with van der Waals surface area (Å²) in [6, 6.07) is 4.21. The second-order valence-corrected chi connectivity index (χ2v) is 5.68. The van der Waals surface area contributed by atoms with Crippen molar-refractivity contribution in [3.8, 4) is 0 Å². The highest BCUT2D eigenvalue weighted by Gasteiger charge is 2.07. The van der Waals surface area contributed by atoms with Crippen LogP contribution in [0.3, 0.4) is 0 Å². The van der Waals surface area contributed by atoms with Gasteiger partial charge in [-0.2, -0.15) is 0 Å². The zero-order chi connectivity index (χ0) is 15.5. The van der Waals surface area contributed by atoms with Gasteiger partial charge in [-0.3, -0.25) is 9.79 Å². The minimum absolute atomic E-state index is 0.145. The standard InChI is InChI=1S/C15H25N3O2S/c1-4-20-14(19)8-5-9-17-15(16-3)18-11-12(2)13-7-6-10-21-13/h6-7,10,12H,4-5,8-9,11H2,1-3H3,(H2,16,17,18). The van der Waals surface area contributed by atoms with E-state index in [0.29, 0.717) is 25.5 Å². The number of thiophene rings is 1. The SMILES string of the molecule is CCOC(=O)CCCNC(=NC)NCC(C)c1cccs1. The fourth-order valence-corrected chi connectivity index (χ4v) is 2.60. The van der Waals surface area contributed by atoms with Gasteiger partial charge >= 0.3 is 5.97 Å². The van der Waals surface area contributed by atoms with Crippen molar-refractivity contribution >= 4 is 23.3 Å². The Kier molecular flexibility index (Phi) is 8.50. The molecule has 0 saturated heterocycles. The maximum Gasteiger partial charge on any atom is 0.305 e. The lowest BCUT2D eigenvalue weighted by Gasteiger charge is -2.15. The predicted octanol–water partition coefficient (Wildman–Crippen LogP) is 2.36. The van der Waals surface area contributed by atoms with Crippen LogP contribution in [-0.4, -0.2) is 38.7 Å². The first kappa shape index (κ1) is 17.5. The van der Waals surface area contributed by atoms with Gasteiger partial charge < -0.3 is 15.4 Å². The molecule has 6 heteroatoms. The lowest BCUT2D eigenvalue weighted by molar-refractivity contribution is -0.143. The summed E-state index contributed by atoms with van der Waals surface area (Å²) in [6.45, 7) is 5.98. The lowest BCUT2D eigenvalue weighted by atomic mass is 10.1. The molecule has 1 atom stereocenters. The summed E-state index contributed by atoms with van der Waals surface area (Å²) in [6.07, 6.45) is 1.17. The van der Waals surface area contributed by atoms with E-state index >= 15 is 0 Å². The average molecular weight is 311 g/mol. The summed E-state index contributed by atoms with van der Waals surface area (Å²) >= 11 is 1.77. The summed E-state index contributed by atoms with van der Waals surface area (Å²) in [5.74, 6) is 1.07. The number of hydrogen-bond acceptors (Lipinski definition) is 4. The fourth-order valence-electron chi connectivity index (χ4n) is 1.82. The summed E-state index contributed by atoms with van der Waals surface area (Å²) in [7, 11) is 1.75. The number of carbonyl (C=O) groups is 1. The van der Waals surface area contributed by atoms with Gasteiger partial charge in [-0.1, -0.05) is 13.0 Å². The molecule has 118 valence electrons. The molecule has 21 heavy (non-hydrogen) atoms. The quantitative estimate of drug-likeness (QED) is 0.335. The van der Waals surface area contributed by atoms with Crippen LogP contribution in [0.25, 0.3) is 0 Å². The van der Waals surface area contributed by atoms with Crippen LogP contribution in [0.2, 0.25) is 0 Å². The average Bonchev–Trinajstić information content (AvgIpc) is 3.01.